The monoisotopic (exact) mass is 332 g/mol. The maximum atomic E-state index is 11.8. The van der Waals surface area contributed by atoms with E-state index < -0.39 is 0 Å². The number of thioether (sulfide) groups is 1. The van der Waals surface area contributed by atoms with E-state index in [1.807, 2.05) is 13.8 Å². The van der Waals surface area contributed by atoms with Gasteiger partial charge in [-0.2, -0.15) is 0 Å². The summed E-state index contributed by atoms with van der Waals surface area (Å²) < 4.78 is 0.675. The third-order valence-electron chi connectivity index (χ3n) is 2.96. The number of nitrogens with one attached hydrogen (secondary N) is 1. The van der Waals surface area contributed by atoms with Crippen LogP contribution in [0.2, 0.25) is 0 Å². The molecule has 21 heavy (non-hydrogen) atoms. The average Bonchev–Trinajstić information content (AvgIpc) is 2.92. The number of nitrogens with zero attached hydrogens (tertiary/aromatic N) is 1. The Balaban J connectivity index is 0.00000191. The van der Waals surface area contributed by atoms with Gasteiger partial charge in [0.05, 0.1) is 0 Å². The molecule has 0 bridgehead atoms. The molecule has 1 N–H and O–H groups in total. The van der Waals surface area contributed by atoms with E-state index in [2.05, 4.69) is 12.2 Å². The van der Waals surface area contributed by atoms with Crippen molar-refractivity contribution in [3.05, 3.63) is 0 Å². The van der Waals surface area contributed by atoms with Gasteiger partial charge in [0.1, 0.15) is 4.32 Å². The van der Waals surface area contributed by atoms with Gasteiger partial charge in [0.25, 0.3) is 0 Å². The standard InChI is InChI=1S/C13H22N2O2S2.C2H6/c1-2-3-4-8-14-11(16)6-5-7-12(17)15-9-10-19-13(15)18;1-2/h2-10H2,1H3,(H,14,16);1-2H3. The molecule has 0 aliphatic carbocycles. The van der Waals surface area contributed by atoms with Gasteiger partial charge in [-0.25, -0.2) is 0 Å². The molecular formula is C15H28N2O2S2. The second-order valence-electron chi connectivity index (χ2n) is 4.57. The first-order valence-electron chi connectivity index (χ1n) is 7.89. The molecule has 1 heterocycles. The second-order valence-corrected chi connectivity index (χ2v) is 6.30. The van der Waals surface area contributed by atoms with Crippen LogP contribution < -0.4 is 5.32 Å². The van der Waals surface area contributed by atoms with Crippen LogP contribution in [0.4, 0.5) is 0 Å². The summed E-state index contributed by atoms with van der Waals surface area (Å²) >= 11 is 6.64. The zero-order chi connectivity index (χ0) is 16.1. The second kappa shape index (κ2) is 13.1. The van der Waals surface area contributed by atoms with Crippen molar-refractivity contribution in [1.82, 2.24) is 10.2 Å². The molecule has 6 heteroatoms. The molecule has 0 unspecified atom stereocenters. The van der Waals surface area contributed by atoms with Crippen molar-refractivity contribution in [1.29, 1.82) is 0 Å². The lowest BCUT2D eigenvalue weighted by Gasteiger charge is -2.14. The van der Waals surface area contributed by atoms with E-state index >= 15 is 0 Å². The molecule has 0 atom stereocenters. The Morgan fingerprint density at radius 1 is 1.24 bits per heavy atom. The first-order valence-corrected chi connectivity index (χ1v) is 9.28. The molecule has 1 fully saturated rings. The van der Waals surface area contributed by atoms with Gasteiger partial charge in [-0.05, 0) is 12.8 Å². The van der Waals surface area contributed by atoms with Crippen LogP contribution >= 0.6 is 24.0 Å². The van der Waals surface area contributed by atoms with Gasteiger partial charge >= 0.3 is 0 Å². The zero-order valence-electron chi connectivity index (χ0n) is 13.4. The maximum Gasteiger partial charge on any atom is 0.228 e. The molecule has 1 aliphatic rings. The average molecular weight is 333 g/mol. The normalized spacial score (nSPS) is 13.7. The van der Waals surface area contributed by atoms with E-state index in [4.69, 9.17) is 12.2 Å². The molecule has 1 aliphatic heterocycles. The van der Waals surface area contributed by atoms with Gasteiger partial charge in [0, 0.05) is 31.7 Å². The van der Waals surface area contributed by atoms with E-state index in [9.17, 15) is 9.59 Å². The fourth-order valence-electron chi connectivity index (χ4n) is 1.85. The molecular weight excluding hydrogens is 304 g/mol. The highest BCUT2D eigenvalue weighted by Crippen LogP contribution is 2.19. The Kier molecular flexibility index (Phi) is 12.7. The molecule has 0 aromatic heterocycles. The number of unbranched alkanes of at least 4 members (excludes halogenated alkanes) is 2. The summed E-state index contributed by atoms with van der Waals surface area (Å²) in [5.74, 6) is 0.985. The SMILES string of the molecule is CC.CCCCCNC(=O)CCCC(=O)N1CCSC1=S. The van der Waals surface area contributed by atoms with E-state index in [1.54, 1.807) is 16.7 Å². The highest BCUT2D eigenvalue weighted by molar-refractivity contribution is 8.23. The third-order valence-corrected chi connectivity index (χ3v) is 4.39. The number of thiocarbonyl (C=S) groups is 1. The first kappa shape index (κ1) is 20.4. The summed E-state index contributed by atoms with van der Waals surface area (Å²) in [4.78, 5) is 25.0. The molecule has 0 saturated carbocycles. The summed E-state index contributed by atoms with van der Waals surface area (Å²) in [6, 6.07) is 0. The lowest BCUT2D eigenvalue weighted by molar-refractivity contribution is -0.127. The van der Waals surface area contributed by atoms with Crippen molar-refractivity contribution in [2.75, 3.05) is 18.8 Å². The van der Waals surface area contributed by atoms with Crippen molar-refractivity contribution >= 4 is 40.1 Å². The molecule has 1 saturated heterocycles. The summed E-state index contributed by atoms with van der Waals surface area (Å²) in [5, 5.41) is 2.88. The van der Waals surface area contributed by atoms with Crippen molar-refractivity contribution in [2.45, 2.75) is 59.3 Å². The van der Waals surface area contributed by atoms with E-state index in [-0.39, 0.29) is 11.8 Å². The van der Waals surface area contributed by atoms with Crippen molar-refractivity contribution in [3.63, 3.8) is 0 Å². The topological polar surface area (TPSA) is 49.4 Å². The van der Waals surface area contributed by atoms with Crippen LogP contribution in [0.25, 0.3) is 0 Å². The fraction of sp³-hybridized carbons (Fsp3) is 0.800. The minimum atomic E-state index is 0.0438. The van der Waals surface area contributed by atoms with Crippen LogP contribution in [-0.4, -0.2) is 39.9 Å². The lowest BCUT2D eigenvalue weighted by Crippen LogP contribution is -2.31. The Labute approximate surface area is 138 Å². The maximum absolute atomic E-state index is 11.8. The molecule has 122 valence electrons. The fourth-order valence-corrected chi connectivity index (χ4v) is 3.09. The van der Waals surface area contributed by atoms with Crippen molar-refractivity contribution in [3.8, 4) is 0 Å². The molecule has 2 amide bonds. The third kappa shape index (κ3) is 9.09. The number of rotatable bonds is 8. The Morgan fingerprint density at radius 3 is 2.52 bits per heavy atom. The van der Waals surface area contributed by atoms with E-state index in [1.165, 1.54) is 0 Å². The molecule has 0 aromatic carbocycles. The highest BCUT2D eigenvalue weighted by Gasteiger charge is 2.23. The molecule has 0 spiro atoms. The van der Waals surface area contributed by atoms with Gasteiger partial charge in [0.2, 0.25) is 11.8 Å². The highest BCUT2D eigenvalue weighted by atomic mass is 32.2. The number of hydrogen-bond acceptors (Lipinski definition) is 4. The molecule has 4 nitrogen and oxygen atoms in total. The van der Waals surface area contributed by atoms with Crippen LogP contribution in [0, 0.1) is 0 Å². The van der Waals surface area contributed by atoms with Crippen molar-refractivity contribution in [2.24, 2.45) is 0 Å². The Bertz CT molecular complexity index is 336. The minimum absolute atomic E-state index is 0.0438. The summed E-state index contributed by atoms with van der Waals surface area (Å²) in [7, 11) is 0. The lowest BCUT2D eigenvalue weighted by atomic mass is 10.2. The van der Waals surface area contributed by atoms with Crippen LogP contribution in [0.3, 0.4) is 0 Å². The zero-order valence-corrected chi connectivity index (χ0v) is 15.1. The Hall–Kier alpha value is -0.620. The van der Waals surface area contributed by atoms with Crippen LogP contribution in [0.5, 0.6) is 0 Å². The summed E-state index contributed by atoms with van der Waals surface area (Å²) in [6.07, 6.45) is 4.75. The Morgan fingerprint density at radius 2 is 1.95 bits per heavy atom. The van der Waals surface area contributed by atoms with Crippen LogP contribution in [0.15, 0.2) is 0 Å². The van der Waals surface area contributed by atoms with Crippen molar-refractivity contribution < 1.29 is 9.59 Å². The first-order chi connectivity index (χ1) is 10.1. The number of hydrogen-bond donors (Lipinski definition) is 1. The van der Waals surface area contributed by atoms with Gasteiger partial charge in [-0.1, -0.05) is 57.6 Å². The van der Waals surface area contributed by atoms with E-state index in [0.717, 1.165) is 31.6 Å². The van der Waals surface area contributed by atoms with Gasteiger partial charge in [-0.15, -0.1) is 0 Å². The number of carbonyl (C=O) groups excluding carboxylic acids is 2. The van der Waals surface area contributed by atoms with Crippen LogP contribution in [-0.2, 0) is 9.59 Å². The summed E-state index contributed by atoms with van der Waals surface area (Å²) in [5.41, 5.74) is 0. The van der Waals surface area contributed by atoms with Crippen LogP contribution in [0.1, 0.15) is 59.3 Å². The van der Waals surface area contributed by atoms with E-state index in [0.29, 0.717) is 30.1 Å². The summed E-state index contributed by atoms with van der Waals surface area (Å²) in [6.45, 7) is 7.59. The predicted molar refractivity (Wildman–Crippen MR) is 94.5 cm³/mol. The quantitative estimate of drug-likeness (QED) is 0.547. The predicted octanol–water partition coefficient (Wildman–Crippen LogP) is 3.35. The van der Waals surface area contributed by atoms with Gasteiger partial charge in [0.15, 0.2) is 0 Å². The molecule has 1 rings (SSSR count). The minimum Gasteiger partial charge on any atom is -0.356 e. The number of carbonyl (C=O) groups is 2. The smallest absolute Gasteiger partial charge is 0.228 e. The number of amides is 2. The largest absolute Gasteiger partial charge is 0.356 e. The van der Waals surface area contributed by atoms with Gasteiger partial charge in [-0.3, -0.25) is 14.5 Å². The van der Waals surface area contributed by atoms with Gasteiger partial charge < -0.3 is 5.32 Å². The molecule has 0 radical (unpaired) electrons. The molecule has 0 aromatic rings.